The van der Waals surface area contributed by atoms with E-state index in [9.17, 15) is 12.8 Å². The van der Waals surface area contributed by atoms with E-state index >= 15 is 0 Å². The Morgan fingerprint density at radius 3 is 2.36 bits per heavy atom. The van der Waals surface area contributed by atoms with Gasteiger partial charge in [-0.2, -0.15) is 4.31 Å². The molecule has 1 fully saturated rings. The number of rotatable bonds is 6. The van der Waals surface area contributed by atoms with Crippen LogP contribution in [0.15, 0.2) is 59.5 Å². The van der Waals surface area contributed by atoms with E-state index in [1.807, 2.05) is 30.3 Å². The van der Waals surface area contributed by atoms with Crippen LogP contribution in [0.25, 0.3) is 0 Å². The number of sulfonamides is 1. The highest BCUT2D eigenvalue weighted by Crippen LogP contribution is 2.18. The molecule has 0 unspecified atom stereocenters. The van der Waals surface area contributed by atoms with Crippen molar-refractivity contribution in [1.29, 1.82) is 0 Å². The Hall–Kier alpha value is -1.96. The number of para-hydroxylation sites is 1. The molecule has 3 rings (SSSR count). The van der Waals surface area contributed by atoms with Crippen molar-refractivity contribution in [2.75, 3.05) is 39.3 Å². The Kier molecular flexibility index (Phi) is 5.67. The second-order valence-electron chi connectivity index (χ2n) is 5.86. The molecule has 1 aliphatic heterocycles. The largest absolute Gasteiger partial charge is 0.492 e. The molecule has 25 heavy (non-hydrogen) atoms. The highest BCUT2D eigenvalue weighted by Gasteiger charge is 2.28. The summed E-state index contributed by atoms with van der Waals surface area (Å²) in [4.78, 5) is 2.17. The van der Waals surface area contributed by atoms with Crippen molar-refractivity contribution in [3.05, 3.63) is 60.4 Å². The van der Waals surface area contributed by atoms with E-state index in [0.29, 0.717) is 32.8 Å². The summed E-state index contributed by atoms with van der Waals surface area (Å²) in [6.07, 6.45) is 0. The summed E-state index contributed by atoms with van der Waals surface area (Å²) in [5.74, 6) is 0.285. The number of hydrogen-bond acceptors (Lipinski definition) is 4. The van der Waals surface area contributed by atoms with Gasteiger partial charge in [-0.15, -0.1) is 0 Å². The second-order valence-corrected chi connectivity index (χ2v) is 7.80. The van der Waals surface area contributed by atoms with Gasteiger partial charge in [0.05, 0.1) is 4.90 Å². The van der Waals surface area contributed by atoms with E-state index in [1.54, 1.807) is 0 Å². The first-order chi connectivity index (χ1) is 12.1. The first kappa shape index (κ1) is 17.8. The molecule has 0 atom stereocenters. The Balaban J connectivity index is 1.50. The van der Waals surface area contributed by atoms with Gasteiger partial charge in [-0.1, -0.05) is 24.3 Å². The number of ether oxygens (including phenoxy) is 1. The third-order valence-electron chi connectivity index (χ3n) is 4.18. The summed E-state index contributed by atoms with van der Waals surface area (Å²) < 4.78 is 45.5. The fourth-order valence-electron chi connectivity index (χ4n) is 2.78. The Bertz CT molecular complexity index is 791. The minimum Gasteiger partial charge on any atom is -0.492 e. The van der Waals surface area contributed by atoms with E-state index in [1.165, 1.54) is 22.5 Å². The SMILES string of the molecule is O=S(=O)(c1cccc(F)c1)N1CCN(CCOc2ccccc2)CC1. The van der Waals surface area contributed by atoms with Gasteiger partial charge >= 0.3 is 0 Å². The number of hydrogen-bond donors (Lipinski definition) is 0. The molecule has 2 aromatic carbocycles. The maximum atomic E-state index is 13.3. The third-order valence-corrected chi connectivity index (χ3v) is 6.08. The van der Waals surface area contributed by atoms with Crippen LogP contribution >= 0.6 is 0 Å². The van der Waals surface area contributed by atoms with Gasteiger partial charge in [0.15, 0.2) is 0 Å². The van der Waals surface area contributed by atoms with Gasteiger partial charge < -0.3 is 4.74 Å². The summed E-state index contributed by atoms with van der Waals surface area (Å²) >= 11 is 0. The summed E-state index contributed by atoms with van der Waals surface area (Å²) in [7, 11) is -3.64. The molecule has 0 N–H and O–H groups in total. The minimum absolute atomic E-state index is 0.00774. The van der Waals surface area contributed by atoms with E-state index in [4.69, 9.17) is 4.74 Å². The Labute approximate surface area is 147 Å². The van der Waals surface area contributed by atoms with Gasteiger partial charge in [0.2, 0.25) is 10.0 Å². The van der Waals surface area contributed by atoms with Crippen molar-refractivity contribution in [2.24, 2.45) is 0 Å². The van der Waals surface area contributed by atoms with Crippen LogP contribution < -0.4 is 4.74 Å². The van der Waals surface area contributed by atoms with Crippen molar-refractivity contribution in [3.8, 4) is 5.75 Å². The standard InChI is InChI=1S/C18H21FN2O3S/c19-16-5-4-8-18(15-16)25(22,23)21-11-9-20(10-12-21)13-14-24-17-6-2-1-3-7-17/h1-8,15H,9-14H2. The Morgan fingerprint density at radius 1 is 0.960 bits per heavy atom. The summed E-state index contributed by atoms with van der Waals surface area (Å²) in [5.41, 5.74) is 0. The number of benzene rings is 2. The predicted octanol–water partition coefficient (Wildman–Crippen LogP) is 2.21. The molecule has 0 bridgehead atoms. The smallest absolute Gasteiger partial charge is 0.243 e. The lowest BCUT2D eigenvalue weighted by Gasteiger charge is -2.33. The van der Waals surface area contributed by atoms with Crippen LogP contribution in [0.1, 0.15) is 0 Å². The summed E-state index contributed by atoms with van der Waals surface area (Å²) in [5, 5.41) is 0. The molecule has 5 nitrogen and oxygen atoms in total. The quantitative estimate of drug-likeness (QED) is 0.789. The summed E-state index contributed by atoms with van der Waals surface area (Å²) in [6.45, 7) is 3.34. The zero-order valence-electron chi connectivity index (χ0n) is 13.8. The van der Waals surface area contributed by atoms with Crippen LogP contribution in [0.4, 0.5) is 4.39 Å². The van der Waals surface area contributed by atoms with E-state index in [0.717, 1.165) is 18.4 Å². The van der Waals surface area contributed by atoms with Gasteiger partial charge in [-0.05, 0) is 30.3 Å². The first-order valence-electron chi connectivity index (χ1n) is 8.22. The number of halogens is 1. The molecular weight excluding hydrogens is 343 g/mol. The molecule has 1 saturated heterocycles. The molecule has 2 aromatic rings. The fourth-order valence-corrected chi connectivity index (χ4v) is 4.23. The number of piperazine rings is 1. The molecule has 7 heteroatoms. The van der Waals surface area contributed by atoms with Gasteiger partial charge in [-0.3, -0.25) is 4.90 Å². The molecule has 0 spiro atoms. The van der Waals surface area contributed by atoms with Crippen LogP contribution in [0.2, 0.25) is 0 Å². The lowest BCUT2D eigenvalue weighted by molar-refractivity contribution is 0.159. The zero-order chi connectivity index (χ0) is 17.7. The topological polar surface area (TPSA) is 49.9 Å². The maximum absolute atomic E-state index is 13.3. The molecule has 0 aliphatic carbocycles. The Morgan fingerprint density at radius 2 is 1.68 bits per heavy atom. The monoisotopic (exact) mass is 364 g/mol. The number of nitrogens with zero attached hydrogens (tertiary/aromatic N) is 2. The van der Waals surface area contributed by atoms with Crippen LogP contribution in [0.5, 0.6) is 5.75 Å². The van der Waals surface area contributed by atoms with Crippen LogP contribution in [0.3, 0.4) is 0 Å². The van der Waals surface area contributed by atoms with Gasteiger partial charge in [0.1, 0.15) is 18.2 Å². The molecule has 1 aliphatic rings. The maximum Gasteiger partial charge on any atom is 0.243 e. The van der Waals surface area contributed by atoms with Gasteiger partial charge in [0.25, 0.3) is 0 Å². The van der Waals surface area contributed by atoms with Crippen molar-refractivity contribution < 1.29 is 17.5 Å². The highest BCUT2D eigenvalue weighted by molar-refractivity contribution is 7.89. The zero-order valence-corrected chi connectivity index (χ0v) is 14.7. The predicted molar refractivity (Wildman–Crippen MR) is 93.5 cm³/mol. The molecule has 0 aromatic heterocycles. The van der Waals surface area contributed by atoms with Gasteiger partial charge in [-0.25, -0.2) is 12.8 Å². The van der Waals surface area contributed by atoms with Crippen molar-refractivity contribution in [2.45, 2.75) is 4.90 Å². The minimum atomic E-state index is -3.64. The molecule has 134 valence electrons. The van der Waals surface area contributed by atoms with E-state index in [2.05, 4.69) is 4.90 Å². The highest BCUT2D eigenvalue weighted by atomic mass is 32.2. The van der Waals surface area contributed by atoms with Crippen LogP contribution in [-0.4, -0.2) is 57.0 Å². The lowest BCUT2D eigenvalue weighted by atomic mass is 10.3. The van der Waals surface area contributed by atoms with Crippen molar-refractivity contribution >= 4 is 10.0 Å². The molecule has 1 heterocycles. The molecule has 0 radical (unpaired) electrons. The molecular formula is C18H21FN2O3S. The molecule has 0 amide bonds. The van der Waals surface area contributed by atoms with Crippen LogP contribution in [0, 0.1) is 5.82 Å². The average molecular weight is 364 g/mol. The lowest BCUT2D eigenvalue weighted by Crippen LogP contribution is -2.49. The normalized spacial score (nSPS) is 16.7. The second kappa shape index (κ2) is 7.95. The van der Waals surface area contributed by atoms with Crippen molar-refractivity contribution in [1.82, 2.24) is 9.21 Å². The van der Waals surface area contributed by atoms with E-state index < -0.39 is 15.8 Å². The molecule has 0 saturated carbocycles. The third kappa shape index (κ3) is 4.56. The van der Waals surface area contributed by atoms with E-state index in [-0.39, 0.29) is 4.90 Å². The van der Waals surface area contributed by atoms with Gasteiger partial charge in [0, 0.05) is 32.7 Å². The fraction of sp³-hybridized carbons (Fsp3) is 0.333. The summed E-state index contributed by atoms with van der Waals surface area (Å²) in [6, 6.07) is 14.7. The van der Waals surface area contributed by atoms with Crippen LogP contribution in [-0.2, 0) is 10.0 Å². The first-order valence-corrected chi connectivity index (χ1v) is 9.66. The average Bonchev–Trinajstić information content (AvgIpc) is 2.63. The van der Waals surface area contributed by atoms with Crippen molar-refractivity contribution in [3.63, 3.8) is 0 Å².